The average molecular weight is 540 g/mol. The second-order valence-electron chi connectivity index (χ2n) is 14.2. The maximum absolute atomic E-state index is 5.06. The molecule has 0 atom stereocenters. The quantitative estimate of drug-likeness (QED) is 0.208. The van der Waals surface area contributed by atoms with Crippen molar-refractivity contribution >= 4 is 24.0 Å². The highest BCUT2D eigenvalue weighted by atomic mass is 28.3. The number of nitrogens with zero attached hydrogens (tertiary/aromatic N) is 1. The molecule has 0 amide bonds. The van der Waals surface area contributed by atoms with Crippen molar-refractivity contribution in [1.29, 1.82) is 0 Å². The van der Waals surface area contributed by atoms with E-state index in [2.05, 4.69) is 140 Å². The van der Waals surface area contributed by atoms with Gasteiger partial charge in [0.05, 0.1) is 13.8 Å². The summed E-state index contributed by atoms with van der Waals surface area (Å²) in [4.78, 5) is 5.06. The minimum atomic E-state index is -1.35. The van der Waals surface area contributed by atoms with Crippen molar-refractivity contribution in [1.82, 2.24) is 4.98 Å². The van der Waals surface area contributed by atoms with Crippen molar-refractivity contribution < 1.29 is 0 Å². The zero-order valence-corrected chi connectivity index (χ0v) is 26.5. The molecule has 0 unspecified atom stereocenters. The topological polar surface area (TPSA) is 12.9 Å². The van der Waals surface area contributed by atoms with Gasteiger partial charge in [-0.3, -0.25) is 4.98 Å². The average Bonchev–Trinajstić information content (AvgIpc) is 3.13. The van der Waals surface area contributed by atoms with Gasteiger partial charge in [0.15, 0.2) is 0 Å². The molecule has 0 spiro atoms. The smallest absolute Gasteiger partial charge is 0.0776 e. The fraction of sp³-hybridized carbons (Fsp3) is 0.289. The summed E-state index contributed by atoms with van der Waals surface area (Å²) in [5.41, 5.74) is 12.9. The lowest BCUT2D eigenvalue weighted by Crippen LogP contribution is -2.37. The van der Waals surface area contributed by atoms with Gasteiger partial charge in [-0.2, -0.15) is 0 Å². The molecular weight excluding hydrogens is 499 g/mol. The van der Waals surface area contributed by atoms with E-state index in [1.807, 2.05) is 6.20 Å². The van der Waals surface area contributed by atoms with Crippen LogP contribution in [0.25, 0.3) is 44.3 Å². The third-order valence-corrected chi connectivity index (χ3v) is 10.9. The van der Waals surface area contributed by atoms with Gasteiger partial charge in [0.25, 0.3) is 0 Å². The Hall–Kier alpha value is -3.49. The van der Waals surface area contributed by atoms with Crippen molar-refractivity contribution in [3.05, 3.63) is 107 Å². The van der Waals surface area contributed by atoms with Crippen LogP contribution in [0.3, 0.4) is 0 Å². The molecule has 2 heteroatoms. The van der Waals surface area contributed by atoms with Gasteiger partial charge in [0, 0.05) is 17.2 Å². The molecule has 1 heterocycles. The minimum absolute atomic E-state index is 0.0316. The highest BCUT2D eigenvalue weighted by Crippen LogP contribution is 2.52. The number of aryl methyl sites for hydroxylation is 1. The summed E-state index contributed by atoms with van der Waals surface area (Å²) in [5.74, 6) is 0. The molecule has 1 aromatic heterocycles. The Kier molecular flexibility index (Phi) is 6.02. The van der Waals surface area contributed by atoms with Gasteiger partial charge in [0.2, 0.25) is 0 Å². The fourth-order valence-corrected chi connectivity index (χ4v) is 7.89. The lowest BCUT2D eigenvalue weighted by atomic mass is 9.78. The Balaban J connectivity index is 1.51. The van der Waals surface area contributed by atoms with Crippen LogP contribution >= 0.6 is 0 Å². The van der Waals surface area contributed by atoms with Crippen LogP contribution in [0.2, 0.25) is 19.6 Å². The van der Waals surface area contributed by atoms with Crippen molar-refractivity contribution in [2.24, 2.45) is 0 Å². The van der Waals surface area contributed by atoms with Crippen LogP contribution < -0.4 is 5.19 Å². The predicted molar refractivity (Wildman–Crippen MR) is 177 cm³/mol. The number of pyridine rings is 1. The lowest BCUT2D eigenvalue weighted by molar-refractivity contribution is 0.596. The second-order valence-corrected chi connectivity index (χ2v) is 19.3. The first-order chi connectivity index (χ1) is 18.8. The lowest BCUT2D eigenvalue weighted by Gasteiger charge is -2.26. The van der Waals surface area contributed by atoms with Crippen LogP contribution in [0.4, 0.5) is 0 Å². The molecule has 0 radical (unpaired) electrons. The van der Waals surface area contributed by atoms with E-state index in [0.717, 1.165) is 5.69 Å². The van der Waals surface area contributed by atoms with E-state index in [4.69, 9.17) is 4.98 Å². The molecule has 4 aromatic carbocycles. The zero-order valence-electron chi connectivity index (χ0n) is 25.5. The Morgan fingerprint density at radius 3 is 2.15 bits per heavy atom. The van der Waals surface area contributed by atoms with Crippen LogP contribution in [0.1, 0.15) is 56.9 Å². The Morgan fingerprint density at radius 2 is 1.45 bits per heavy atom. The molecule has 0 fully saturated rings. The Bertz CT molecular complexity index is 1790. The van der Waals surface area contributed by atoms with Gasteiger partial charge in [-0.25, -0.2) is 0 Å². The molecular formula is C38H41NSi. The second kappa shape index (κ2) is 9.01. The summed E-state index contributed by atoms with van der Waals surface area (Å²) in [6, 6.07) is 29.9. The third kappa shape index (κ3) is 4.25. The number of aromatic nitrogens is 1. The van der Waals surface area contributed by atoms with E-state index in [1.165, 1.54) is 66.0 Å². The third-order valence-electron chi connectivity index (χ3n) is 8.91. The summed E-state index contributed by atoms with van der Waals surface area (Å²) in [6.07, 6.45) is 2.00. The van der Waals surface area contributed by atoms with Crippen molar-refractivity contribution in [2.75, 3.05) is 0 Å². The first-order valence-electron chi connectivity index (χ1n) is 14.6. The van der Waals surface area contributed by atoms with E-state index in [9.17, 15) is 0 Å². The fourth-order valence-electron chi connectivity index (χ4n) is 6.66. The first kappa shape index (κ1) is 26.7. The van der Waals surface area contributed by atoms with E-state index in [-0.39, 0.29) is 10.8 Å². The van der Waals surface area contributed by atoms with Crippen molar-refractivity contribution in [2.45, 2.75) is 72.0 Å². The molecule has 0 bridgehead atoms. The number of benzene rings is 4. The SMILES string of the molecule is Cc1cc([Si](C)(C)C)ccc1-c1ccc2c(c1)C(C)(C)c1c-2ccnc1-c1cc(C(C)(C)C)c2ccccc2c1. The molecule has 40 heavy (non-hydrogen) atoms. The van der Waals surface area contributed by atoms with Gasteiger partial charge < -0.3 is 0 Å². The largest absolute Gasteiger partial charge is 0.256 e. The summed E-state index contributed by atoms with van der Waals surface area (Å²) in [5, 5.41) is 4.12. The van der Waals surface area contributed by atoms with Crippen LogP contribution in [0.5, 0.6) is 0 Å². The molecule has 0 N–H and O–H groups in total. The van der Waals surface area contributed by atoms with E-state index < -0.39 is 8.07 Å². The van der Waals surface area contributed by atoms with E-state index >= 15 is 0 Å². The number of hydrogen-bond acceptors (Lipinski definition) is 1. The molecule has 0 saturated heterocycles. The van der Waals surface area contributed by atoms with Gasteiger partial charge >= 0.3 is 0 Å². The molecule has 6 rings (SSSR count). The summed E-state index contributed by atoms with van der Waals surface area (Å²) in [7, 11) is -1.35. The number of hydrogen-bond donors (Lipinski definition) is 0. The van der Waals surface area contributed by atoms with Crippen LogP contribution in [0, 0.1) is 6.92 Å². The van der Waals surface area contributed by atoms with Crippen LogP contribution in [-0.4, -0.2) is 13.1 Å². The van der Waals surface area contributed by atoms with Crippen LogP contribution in [-0.2, 0) is 10.8 Å². The molecule has 202 valence electrons. The molecule has 1 aliphatic carbocycles. The molecule has 1 aliphatic rings. The summed E-state index contributed by atoms with van der Waals surface area (Å²) >= 11 is 0. The van der Waals surface area contributed by atoms with Gasteiger partial charge in [-0.05, 0) is 91.9 Å². The Labute approximate surface area is 241 Å². The van der Waals surface area contributed by atoms with Crippen LogP contribution in [0.15, 0.2) is 85.1 Å². The molecule has 0 aliphatic heterocycles. The monoisotopic (exact) mass is 539 g/mol. The maximum atomic E-state index is 5.06. The normalized spacial score (nSPS) is 14.3. The molecule has 5 aromatic rings. The summed E-state index contributed by atoms with van der Waals surface area (Å²) < 4.78 is 0. The molecule has 1 nitrogen and oxygen atoms in total. The number of fused-ring (bicyclic) bond motifs is 4. The maximum Gasteiger partial charge on any atom is 0.0776 e. The van der Waals surface area contributed by atoms with Gasteiger partial charge in [-0.1, -0.05) is 114 Å². The highest BCUT2D eigenvalue weighted by molar-refractivity contribution is 6.88. The van der Waals surface area contributed by atoms with E-state index in [1.54, 1.807) is 0 Å². The van der Waals surface area contributed by atoms with E-state index in [0.29, 0.717) is 0 Å². The van der Waals surface area contributed by atoms with Gasteiger partial charge in [0.1, 0.15) is 0 Å². The number of rotatable bonds is 3. The molecule has 0 saturated carbocycles. The minimum Gasteiger partial charge on any atom is -0.256 e. The highest BCUT2D eigenvalue weighted by Gasteiger charge is 2.38. The first-order valence-corrected chi connectivity index (χ1v) is 18.1. The van der Waals surface area contributed by atoms with Gasteiger partial charge in [-0.15, -0.1) is 0 Å². The van der Waals surface area contributed by atoms with Crippen molar-refractivity contribution in [3.8, 4) is 33.5 Å². The van der Waals surface area contributed by atoms with Crippen molar-refractivity contribution in [3.63, 3.8) is 0 Å². The summed E-state index contributed by atoms with van der Waals surface area (Å²) in [6.45, 7) is 21.2. The standard InChI is InChI=1S/C38H41NSi/c1-24-20-28(40(7,8)9)15-17-29(24)26-14-16-31-32-18-19-39-36(35(32)38(5,6)34(31)22-26)27-21-25-12-10-11-13-30(25)33(23-27)37(2,3)4/h10-23H,1-9H3. The predicted octanol–water partition coefficient (Wildman–Crippen LogP) is 10.0. The Morgan fingerprint density at radius 1 is 0.725 bits per heavy atom. The zero-order chi connectivity index (χ0) is 28.6.